The van der Waals surface area contributed by atoms with Gasteiger partial charge in [0.2, 0.25) is 11.8 Å². The van der Waals surface area contributed by atoms with Gasteiger partial charge in [0.15, 0.2) is 0 Å². The Balaban J connectivity index is 1.86. The lowest BCUT2D eigenvalue weighted by atomic mass is 10.0. The van der Waals surface area contributed by atoms with Gasteiger partial charge in [-0.1, -0.05) is 42.5 Å². The third-order valence-corrected chi connectivity index (χ3v) is 6.14. The number of nitrogens with zero attached hydrogens (tertiary/aromatic N) is 2. The van der Waals surface area contributed by atoms with Gasteiger partial charge in [0.25, 0.3) is 0 Å². The van der Waals surface area contributed by atoms with E-state index in [1.165, 1.54) is 0 Å². The van der Waals surface area contributed by atoms with E-state index in [1.54, 1.807) is 44.4 Å². The van der Waals surface area contributed by atoms with Gasteiger partial charge in [-0.05, 0) is 42.0 Å². The molecule has 2 aromatic carbocycles. The van der Waals surface area contributed by atoms with Crippen molar-refractivity contribution in [3.05, 3.63) is 84.1 Å². The molecule has 1 atom stereocenters. The van der Waals surface area contributed by atoms with Crippen molar-refractivity contribution in [3.8, 4) is 11.5 Å². The number of amides is 2. The number of allylic oxidation sites excluding steroid dienone is 2. The lowest BCUT2D eigenvalue weighted by Gasteiger charge is -2.32. The van der Waals surface area contributed by atoms with Gasteiger partial charge in [-0.25, -0.2) is 0 Å². The molecule has 8 heteroatoms. The number of nitrogens with one attached hydrogen (secondary N) is 1. The predicted octanol–water partition coefficient (Wildman–Crippen LogP) is 3.70. The fourth-order valence-corrected chi connectivity index (χ4v) is 4.18. The molecular weight excluding hydrogens is 470 g/mol. The highest BCUT2D eigenvalue weighted by molar-refractivity contribution is 5.89. The molecule has 0 fully saturated rings. The van der Waals surface area contributed by atoms with Crippen LogP contribution >= 0.6 is 0 Å². The molecule has 0 spiro atoms. The Kier molecular flexibility index (Phi) is 11.0. The van der Waals surface area contributed by atoms with Crippen molar-refractivity contribution < 1.29 is 23.8 Å². The maximum atomic E-state index is 13.7. The molecule has 1 unspecified atom stereocenters. The van der Waals surface area contributed by atoms with Crippen LogP contribution in [-0.2, 0) is 20.9 Å². The first-order valence-corrected chi connectivity index (χ1v) is 12.5. The number of methoxy groups -OCH3 is 3. The fraction of sp³-hybridized carbons (Fsp3) is 0.379. The average Bonchev–Trinajstić information content (AvgIpc) is 2.94. The number of ether oxygens (including phenoxy) is 3. The van der Waals surface area contributed by atoms with Crippen LogP contribution in [0.4, 0.5) is 0 Å². The summed E-state index contributed by atoms with van der Waals surface area (Å²) < 4.78 is 16.2. The molecule has 0 bridgehead atoms. The molecule has 1 aliphatic rings. The zero-order valence-corrected chi connectivity index (χ0v) is 21.9. The van der Waals surface area contributed by atoms with Crippen LogP contribution in [0.5, 0.6) is 11.5 Å². The fourth-order valence-electron chi connectivity index (χ4n) is 4.18. The summed E-state index contributed by atoms with van der Waals surface area (Å²) in [5.41, 5.74) is 1.58. The van der Waals surface area contributed by atoms with Gasteiger partial charge in [-0.2, -0.15) is 0 Å². The normalized spacial score (nSPS) is 13.2. The van der Waals surface area contributed by atoms with Crippen molar-refractivity contribution in [1.82, 2.24) is 15.1 Å². The van der Waals surface area contributed by atoms with Crippen molar-refractivity contribution in [1.29, 1.82) is 0 Å². The zero-order chi connectivity index (χ0) is 26.5. The summed E-state index contributed by atoms with van der Waals surface area (Å²) in [6.45, 7) is 2.49. The van der Waals surface area contributed by atoms with Gasteiger partial charge in [-0.15, -0.1) is 0 Å². The van der Waals surface area contributed by atoms with Crippen LogP contribution in [0.15, 0.2) is 73.0 Å². The van der Waals surface area contributed by atoms with E-state index >= 15 is 0 Å². The van der Waals surface area contributed by atoms with E-state index in [-0.39, 0.29) is 18.4 Å². The molecule has 1 heterocycles. The lowest BCUT2D eigenvalue weighted by Crippen LogP contribution is -2.45. The molecule has 1 N–H and O–H groups in total. The van der Waals surface area contributed by atoms with Crippen molar-refractivity contribution >= 4 is 11.8 Å². The number of benzene rings is 2. The molecule has 1 aliphatic heterocycles. The first kappa shape index (κ1) is 27.8. The van der Waals surface area contributed by atoms with Crippen molar-refractivity contribution in [2.24, 2.45) is 0 Å². The molecule has 0 saturated heterocycles. The largest absolute Gasteiger partial charge is 0.497 e. The molecular formula is C29H37N3O5. The maximum Gasteiger partial charge on any atom is 0.247 e. The summed E-state index contributed by atoms with van der Waals surface area (Å²) in [6.07, 6.45) is 9.07. The Hall–Kier alpha value is -3.78. The molecule has 0 aliphatic carbocycles. The van der Waals surface area contributed by atoms with Crippen molar-refractivity contribution in [2.75, 3.05) is 47.6 Å². The molecule has 3 rings (SSSR count). The van der Waals surface area contributed by atoms with E-state index in [0.29, 0.717) is 43.1 Å². The molecule has 0 saturated carbocycles. The summed E-state index contributed by atoms with van der Waals surface area (Å²) in [7, 11) is 4.69. The Morgan fingerprint density at radius 2 is 1.76 bits per heavy atom. The van der Waals surface area contributed by atoms with Crippen LogP contribution in [0, 0.1) is 0 Å². The Labute approximate surface area is 219 Å². The average molecular weight is 508 g/mol. The molecule has 0 radical (unpaired) electrons. The highest BCUT2D eigenvalue weighted by atomic mass is 16.5. The molecule has 2 aromatic rings. The van der Waals surface area contributed by atoms with Crippen molar-refractivity contribution in [2.45, 2.75) is 25.4 Å². The second kappa shape index (κ2) is 14.7. The van der Waals surface area contributed by atoms with E-state index in [4.69, 9.17) is 14.2 Å². The van der Waals surface area contributed by atoms with E-state index in [1.807, 2.05) is 48.7 Å². The highest BCUT2D eigenvalue weighted by Crippen LogP contribution is 2.30. The minimum Gasteiger partial charge on any atom is -0.497 e. The minimum atomic E-state index is -0.881. The summed E-state index contributed by atoms with van der Waals surface area (Å²) in [4.78, 5) is 31.0. The summed E-state index contributed by atoms with van der Waals surface area (Å²) in [5.74, 6) is 0.682. The van der Waals surface area contributed by atoms with Gasteiger partial charge < -0.3 is 29.3 Å². The minimum absolute atomic E-state index is 0.116. The summed E-state index contributed by atoms with van der Waals surface area (Å²) in [5, 5.41) is 3.01. The van der Waals surface area contributed by atoms with Crippen LogP contribution in [-0.4, -0.2) is 69.2 Å². The number of carbonyl (C=O) groups excluding carboxylic acids is 2. The highest BCUT2D eigenvalue weighted by Gasteiger charge is 2.32. The number of carbonyl (C=O) groups is 2. The molecule has 2 amide bonds. The number of hydrogen-bond donors (Lipinski definition) is 1. The third kappa shape index (κ3) is 8.39. The lowest BCUT2D eigenvalue weighted by molar-refractivity contribution is -0.141. The quantitative estimate of drug-likeness (QED) is 0.420. The van der Waals surface area contributed by atoms with Crippen LogP contribution in [0.3, 0.4) is 0 Å². The van der Waals surface area contributed by atoms with Gasteiger partial charge in [0.05, 0.1) is 20.8 Å². The Morgan fingerprint density at radius 3 is 2.38 bits per heavy atom. The van der Waals surface area contributed by atoms with E-state index < -0.39 is 6.04 Å². The monoisotopic (exact) mass is 507 g/mol. The maximum absolute atomic E-state index is 13.7. The van der Waals surface area contributed by atoms with E-state index in [9.17, 15) is 9.59 Å². The molecule has 8 nitrogen and oxygen atoms in total. The van der Waals surface area contributed by atoms with Gasteiger partial charge >= 0.3 is 0 Å². The number of rotatable bonds is 14. The van der Waals surface area contributed by atoms with Crippen LogP contribution in [0.1, 0.15) is 30.0 Å². The summed E-state index contributed by atoms with van der Waals surface area (Å²) >= 11 is 0. The number of hydrogen-bond acceptors (Lipinski definition) is 6. The van der Waals surface area contributed by atoms with Gasteiger partial charge in [0.1, 0.15) is 17.5 Å². The summed E-state index contributed by atoms with van der Waals surface area (Å²) in [6, 6.07) is 14.1. The standard InChI is InChI=1S/C29H37N3O5/c1-35-18-17-32(27(33)13-10-16-31-14-8-5-9-15-31)28(24-19-25(36-2)21-26(20-24)37-3)29(34)30-22-23-11-6-4-7-12-23/h4-9,11-12,14,19-21,28H,10,13,15-18,22H2,1-3H3,(H,30,34). The molecule has 198 valence electrons. The van der Waals surface area contributed by atoms with Gasteiger partial charge in [0, 0.05) is 45.8 Å². The Bertz CT molecular complexity index is 1050. The zero-order valence-electron chi connectivity index (χ0n) is 21.9. The predicted molar refractivity (Wildman–Crippen MR) is 143 cm³/mol. The first-order chi connectivity index (χ1) is 18.0. The molecule has 0 aromatic heterocycles. The third-order valence-electron chi connectivity index (χ3n) is 6.14. The van der Waals surface area contributed by atoms with E-state index in [0.717, 1.165) is 18.7 Å². The van der Waals surface area contributed by atoms with Crippen LogP contribution in [0.25, 0.3) is 0 Å². The Morgan fingerprint density at radius 1 is 1.03 bits per heavy atom. The first-order valence-electron chi connectivity index (χ1n) is 12.5. The second-order valence-corrected chi connectivity index (χ2v) is 8.70. The smallest absolute Gasteiger partial charge is 0.247 e. The van der Waals surface area contributed by atoms with Crippen molar-refractivity contribution in [3.63, 3.8) is 0 Å². The van der Waals surface area contributed by atoms with Crippen LogP contribution in [0.2, 0.25) is 0 Å². The van der Waals surface area contributed by atoms with E-state index in [2.05, 4.69) is 16.3 Å². The topological polar surface area (TPSA) is 80.3 Å². The van der Waals surface area contributed by atoms with Crippen LogP contribution < -0.4 is 14.8 Å². The molecule has 37 heavy (non-hydrogen) atoms. The van der Waals surface area contributed by atoms with Gasteiger partial charge in [-0.3, -0.25) is 9.59 Å². The SMILES string of the molecule is COCCN(C(=O)CCCN1C=CC=CC1)C(C(=O)NCc1ccccc1)c1cc(OC)cc(OC)c1. The second-order valence-electron chi connectivity index (χ2n) is 8.70.